The molecule has 0 bridgehead atoms. The maximum Gasteiger partial charge on any atom is 0.0406 e. The monoisotopic (exact) mass is 254 g/mol. The molecule has 1 aromatic carbocycles. The highest BCUT2D eigenvalue weighted by molar-refractivity contribution is 6.30. The second-order valence-electron chi connectivity index (χ2n) is 4.49. The molecular formula is C14H23ClN2. The Labute approximate surface area is 110 Å². The summed E-state index contributed by atoms with van der Waals surface area (Å²) in [6.07, 6.45) is 3.61. The molecule has 0 amide bonds. The summed E-state index contributed by atoms with van der Waals surface area (Å²) < 4.78 is 0. The van der Waals surface area contributed by atoms with E-state index in [0.717, 1.165) is 24.5 Å². The highest BCUT2D eigenvalue weighted by Crippen LogP contribution is 2.10. The molecule has 0 aliphatic rings. The van der Waals surface area contributed by atoms with Crippen LogP contribution in [0.4, 0.5) is 0 Å². The first-order valence-electron chi connectivity index (χ1n) is 6.30. The molecule has 0 aliphatic carbocycles. The minimum atomic E-state index is 0.814. The lowest BCUT2D eigenvalue weighted by molar-refractivity contribution is 0.329. The number of halogens is 1. The number of benzene rings is 1. The van der Waals surface area contributed by atoms with Gasteiger partial charge in [0.25, 0.3) is 0 Å². The standard InChI is InChI=1S/C14H23ClN2/c1-16-10-3-4-11-17(2)12-9-13-5-7-14(15)8-6-13/h5-8,16H,3-4,9-12H2,1-2H3. The Morgan fingerprint density at radius 3 is 2.47 bits per heavy atom. The molecule has 17 heavy (non-hydrogen) atoms. The fourth-order valence-electron chi connectivity index (χ4n) is 1.77. The van der Waals surface area contributed by atoms with Crippen molar-refractivity contribution in [2.45, 2.75) is 19.3 Å². The molecule has 2 nitrogen and oxygen atoms in total. The Bertz CT molecular complexity index is 298. The minimum Gasteiger partial charge on any atom is -0.320 e. The maximum absolute atomic E-state index is 5.86. The van der Waals surface area contributed by atoms with Gasteiger partial charge in [-0.2, -0.15) is 0 Å². The Balaban J connectivity index is 2.14. The Kier molecular flexibility index (Phi) is 7.25. The van der Waals surface area contributed by atoms with Crippen LogP contribution in [0.25, 0.3) is 0 Å². The van der Waals surface area contributed by atoms with E-state index in [2.05, 4.69) is 29.4 Å². The summed E-state index contributed by atoms with van der Waals surface area (Å²) >= 11 is 5.86. The van der Waals surface area contributed by atoms with E-state index in [9.17, 15) is 0 Å². The van der Waals surface area contributed by atoms with Gasteiger partial charge in [-0.25, -0.2) is 0 Å². The van der Waals surface area contributed by atoms with E-state index in [4.69, 9.17) is 11.6 Å². The predicted octanol–water partition coefficient (Wildman–Crippen LogP) is 2.81. The molecule has 0 aliphatic heterocycles. The van der Waals surface area contributed by atoms with Crippen LogP contribution in [-0.4, -0.2) is 38.6 Å². The molecule has 3 heteroatoms. The average molecular weight is 255 g/mol. The van der Waals surface area contributed by atoms with Crippen molar-refractivity contribution in [3.05, 3.63) is 34.9 Å². The molecule has 0 spiro atoms. The smallest absolute Gasteiger partial charge is 0.0406 e. The molecule has 0 aromatic heterocycles. The van der Waals surface area contributed by atoms with Crippen LogP contribution in [0.15, 0.2) is 24.3 Å². The first-order chi connectivity index (χ1) is 8.22. The van der Waals surface area contributed by atoms with Gasteiger partial charge >= 0.3 is 0 Å². The molecule has 0 fully saturated rings. The maximum atomic E-state index is 5.86. The van der Waals surface area contributed by atoms with E-state index in [1.807, 2.05) is 19.2 Å². The van der Waals surface area contributed by atoms with Gasteiger partial charge in [-0.1, -0.05) is 23.7 Å². The second kappa shape index (κ2) is 8.51. The van der Waals surface area contributed by atoms with Gasteiger partial charge in [-0.3, -0.25) is 0 Å². The van der Waals surface area contributed by atoms with E-state index >= 15 is 0 Å². The van der Waals surface area contributed by atoms with E-state index in [-0.39, 0.29) is 0 Å². The molecule has 96 valence electrons. The topological polar surface area (TPSA) is 15.3 Å². The summed E-state index contributed by atoms with van der Waals surface area (Å²) in [4.78, 5) is 2.39. The summed E-state index contributed by atoms with van der Waals surface area (Å²) in [5, 5.41) is 3.99. The lowest BCUT2D eigenvalue weighted by atomic mass is 10.1. The quantitative estimate of drug-likeness (QED) is 0.718. The number of hydrogen-bond donors (Lipinski definition) is 1. The van der Waals surface area contributed by atoms with E-state index in [0.29, 0.717) is 0 Å². The number of rotatable bonds is 8. The Morgan fingerprint density at radius 2 is 1.82 bits per heavy atom. The first kappa shape index (κ1) is 14.5. The van der Waals surface area contributed by atoms with Gasteiger partial charge in [-0.05, 0) is 64.1 Å². The van der Waals surface area contributed by atoms with Crippen LogP contribution in [0.5, 0.6) is 0 Å². The average Bonchev–Trinajstić information content (AvgIpc) is 2.34. The molecule has 1 N–H and O–H groups in total. The zero-order chi connectivity index (χ0) is 12.5. The summed E-state index contributed by atoms with van der Waals surface area (Å²) in [5.74, 6) is 0. The second-order valence-corrected chi connectivity index (χ2v) is 4.93. The van der Waals surface area contributed by atoms with Crippen molar-refractivity contribution in [3.63, 3.8) is 0 Å². The summed E-state index contributed by atoms with van der Waals surface area (Å²) in [6.45, 7) is 3.40. The third kappa shape index (κ3) is 6.67. The number of nitrogens with zero attached hydrogens (tertiary/aromatic N) is 1. The van der Waals surface area contributed by atoms with Crippen LogP contribution in [0.1, 0.15) is 18.4 Å². The van der Waals surface area contributed by atoms with Crippen molar-refractivity contribution in [2.24, 2.45) is 0 Å². The Morgan fingerprint density at radius 1 is 1.12 bits per heavy atom. The zero-order valence-electron chi connectivity index (χ0n) is 10.9. The highest BCUT2D eigenvalue weighted by Gasteiger charge is 1.99. The van der Waals surface area contributed by atoms with Gasteiger partial charge in [0.05, 0.1) is 0 Å². The SMILES string of the molecule is CNCCCCN(C)CCc1ccc(Cl)cc1. The van der Waals surface area contributed by atoms with Crippen LogP contribution in [0, 0.1) is 0 Å². The van der Waals surface area contributed by atoms with E-state index < -0.39 is 0 Å². The third-order valence-electron chi connectivity index (χ3n) is 2.91. The zero-order valence-corrected chi connectivity index (χ0v) is 11.6. The van der Waals surface area contributed by atoms with E-state index in [1.165, 1.54) is 24.9 Å². The molecule has 1 aromatic rings. The van der Waals surface area contributed by atoms with Crippen LogP contribution in [0.3, 0.4) is 0 Å². The molecule has 0 unspecified atom stereocenters. The van der Waals surface area contributed by atoms with Gasteiger partial charge in [0.15, 0.2) is 0 Å². The fourth-order valence-corrected chi connectivity index (χ4v) is 1.89. The Hall–Kier alpha value is -0.570. The summed E-state index contributed by atoms with van der Waals surface area (Å²) in [6, 6.07) is 8.14. The van der Waals surface area contributed by atoms with Gasteiger partial charge in [-0.15, -0.1) is 0 Å². The lowest BCUT2D eigenvalue weighted by Gasteiger charge is -2.16. The van der Waals surface area contributed by atoms with Crippen molar-refractivity contribution in [3.8, 4) is 0 Å². The van der Waals surface area contributed by atoms with Crippen molar-refractivity contribution < 1.29 is 0 Å². The van der Waals surface area contributed by atoms with Crippen molar-refractivity contribution >= 4 is 11.6 Å². The van der Waals surface area contributed by atoms with Crippen LogP contribution >= 0.6 is 11.6 Å². The molecule has 0 heterocycles. The normalized spacial score (nSPS) is 11.1. The summed E-state index contributed by atoms with van der Waals surface area (Å²) in [5.41, 5.74) is 1.36. The van der Waals surface area contributed by atoms with Gasteiger partial charge in [0, 0.05) is 11.6 Å². The van der Waals surface area contributed by atoms with E-state index in [1.54, 1.807) is 0 Å². The highest BCUT2D eigenvalue weighted by atomic mass is 35.5. The number of nitrogens with one attached hydrogen (secondary N) is 1. The molecule has 0 atom stereocenters. The number of hydrogen-bond acceptors (Lipinski definition) is 2. The first-order valence-corrected chi connectivity index (χ1v) is 6.68. The number of unbranched alkanes of at least 4 members (excludes halogenated alkanes) is 1. The molecule has 0 radical (unpaired) electrons. The van der Waals surface area contributed by atoms with Gasteiger partial charge < -0.3 is 10.2 Å². The van der Waals surface area contributed by atoms with Crippen LogP contribution in [-0.2, 0) is 6.42 Å². The van der Waals surface area contributed by atoms with Crippen LogP contribution < -0.4 is 5.32 Å². The third-order valence-corrected chi connectivity index (χ3v) is 3.16. The van der Waals surface area contributed by atoms with Crippen molar-refractivity contribution in [1.29, 1.82) is 0 Å². The van der Waals surface area contributed by atoms with Crippen molar-refractivity contribution in [2.75, 3.05) is 33.7 Å². The lowest BCUT2D eigenvalue weighted by Crippen LogP contribution is -2.23. The largest absolute Gasteiger partial charge is 0.320 e. The molecular weight excluding hydrogens is 232 g/mol. The number of likely N-dealkylation sites (N-methyl/N-ethyl adjacent to an activating group) is 1. The fraction of sp³-hybridized carbons (Fsp3) is 0.571. The molecule has 1 rings (SSSR count). The predicted molar refractivity (Wildman–Crippen MR) is 75.8 cm³/mol. The van der Waals surface area contributed by atoms with Gasteiger partial charge in [0.1, 0.15) is 0 Å². The van der Waals surface area contributed by atoms with Crippen LogP contribution in [0.2, 0.25) is 5.02 Å². The molecule has 0 saturated heterocycles. The summed E-state index contributed by atoms with van der Waals surface area (Å²) in [7, 11) is 4.19. The molecule has 0 saturated carbocycles. The minimum absolute atomic E-state index is 0.814. The van der Waals surface area contributed by atoms with Crippen molar-refractivity contribution in [1.82, 2.24) is 10.2 Å². The van der Waals surface area contributed by atoms with Gasteiger partial charge in [0.2, 0.25) is 0 Å².